The summed E-state index contributed by atoms with van der Waals surface area (Å²) in [6.07, 6.45) is 3.15. The second-order valence-corrected chi connectivity index (χ2v) is 4.46. The van der Waals surface area contributed by atoms with Crippen molar-refractivity contribution in [3.8, 4) is 0 Å². The van der Waals surface area contributed by atoms with E-state index >= 15 is 0 Å². The van der Waals surface area contributed by atoms with E-state index in [1.807, 2.05) is 13.0 Å². The Balaban J connectivity index is 2.57. The van der Waals surface area contributed by atoms with Gasteiger partial charge in [-0.15, -0.1) is 0 Å². The molecule has 0 amide bonds. The van der Waals surface area contributed by atoms with Gasteiger partial charge in [-0.1, -0.05) is 6.07 Å². The Kier molecular flexibility index (Phi) is 3.24. The van der Waals surface area contributed by atoms with Crippen molar-refractivity contribution in [2.45, 2.75) is 20.8 Å². The van der Waals surface area contributed by atoms with Crippen LogP contribution in [0.15, 0.2) is 30.6 Å². The minimum atomic E-state index is -0.464. The Bertz CT molecular complexity index is 597. The number of aromatic nitrogens is 1. The predicted octanol–water partition coefficient (Wildman–Crippen LogP) is 3.38. The Hall–Kier alpha value is -2.03. The van der Waals surface area contributed by atoms with E-state index in [0.717, 1.165) is 11.1 Å². The van der Waals surface area contributed by atoms with Crippen LogP contribution in [-0.2, 0) is 0 Å². The van der Waals surface area contributed by atoms with Crippen LogP contribution >= 0.6 is 0 Å². The van der Waals surface area contributed by atoms with Crippen molar-refractivity contribution in [1.82, 2.24) is 4.98 Å². The van der Waals surface area contributed by atoms with Gasteiger partial charge in [-0.3, -0.25) is 9.78 Å². The summed E-state index contributed by atoms with van der Waals surface area (Å²) in [6.45, 7) is 5.35. The minimum Gasteiger partial charge on any atom is -0.288 e. The number of halogens is 1. The number of benzene rings is 1. The van der Waals surface area contributed by atoms with Gasteiger partial charge in [0.15, 0.2) is 5.78 Å². The molecule has 0 radical (unpaired) electrons. The summed E-state index contributed by atoms with van der Waals surface area (Å²) in [5.74, 6) is -0.751. The highest BCUT2D eigenvalue weighted by molar-refractivity contribution is 6.10. The molecular weight excluding hydrogens is 229 g/mol. The average molecular weight is 243 g/mol. The van der Waals surface area contributed by atoms with Crippen LogP contribution in [0.4, 0.5) is 4.39 Å². The van der Waals surface area contributed by atoms with Gasteiger partial charge in [-0.05, 0) is 49.6 Å². The number of ketones is 1. The molecule has 0 spiro atoms. The Labute approximate surface area is 105 Å². The maximum Gasteiger partial charge on any atom is 0.196 e. The fourth-order valence-corrected chi connectivity index (χ4v) is 2.07. The highest BCUT2D eigenvalue weighted by Crippen LogP contribution is 2.20. The molecule has 2 aromatic rings. The van der Waals surface area contributed by atoms with Crippen LogP contribution in [0.2, 0.25) is 0 Å². The fraction of sp³-hybridized carbons (Fsp3) is 0.200. The molecule has 18 heavy (non-hydrogen) atoms. The number of nitrogens with zero attached hydrogens (tertiary/aromatic N) is 1. The predicted molar refractivity (Wildman–Crippen MR) is 68.3 cm³/mol. The quantitative estimate of drug-likeness (QED) is 0.757. The molecule has 1 aromatic carbocycles. The zero-order valence-corrected chi connectivity index (χ0v) is 10.6. The largest absolute Gasteiger partial charge is 0.288 e. The second kappa shape index (κ2) is 4.69. The zero-order valence-electron chi connectivity index (χ0n) is 10.6. The van der Waals surface area contributed by atoms with E-state index in [2.05, 4.69) is 4.98 Å². The highest BCUT2D eigenvalue weighted by Gasteiger charge is 2.18. The normalized spacial score (nSPS) is 10.4. The number of carbonyl (C=O) groups is 1. The van der Waals surface area contributed by atoms with Crippen LogP contribution < -0.4 is 0 Å². The lowest BCUT2D eigenvalue weighted by molar-refractivity contribution is 0.103. The van der Waals surface area contributed by atoms with Crippen molar-refractivity contribution < 1.29 is 9.18 Å². The van der Waals surface area contributed by atoms with Crippen LogP contribution in [0.3, 0.4) is 0 Å². The second-order valence-electron chi connectivity index (χ2n) is 4.46. The van der Waals surface area contributed by atoms with Gasteiger partial charge in [-0.2, -0.15) is 0 Å². The van der Waals surface area contributed by atoms with Gasteiger partial charge in [0.2, 0.25) is 0 Å². The third kappa shape index (κ3) is 2.16. The molecule has 0 aliphatic carbocycles. The first-order valence-electron chi connectivity index (χ1n) is 5.72. The lowest BCUT2D eigenvalue weighted by Gasteiger charge is -2.09. The van der Waals surface area contributed by atoms with E-state index in [0.29, 0.717) is 11.1 Å². The van der Waals surface area contributed by atoms with Crippen molar-refractivity contribution >= 4 is 5.78 Å². The molecule has 0 saturated carbocycles. The summed E-state index contributed by atoms with van der Waals surface area (Å²) in [5, 5.41) is 0. The summed E-state index contributed by atoms with van der Waals surface area (Å²) in [7, 11) is 0. The van der Waals surface area contributed by atoms with Crippen molar-refractivity contribution in [2.24, 2.45) is 0 Å². The third-order valence-corrected chi connectivity index (χ3v) is 2.92. The number of rotatable bonds is 2. The van der Waals surface area contributed by atoms with Gasteiger partial charge in [0.25, 0.3) is 0 Å². The fourth-order valence-electron chi connectivity index (χ4n) is 2.07. The Morgan fingerprint density at radius 2 is 1.89 bits per heavy atom. The summed E-state index contributed by atoms with van der Waals surface area (Å²) < 4.78 is 13.9. The number of pyridine rings is 1. The molecule has 0 saturated heterocycles. The molecule has 0 aliphatic heterocycles. The molecule has 92 valence electrons. The maximum absolute atomic E-state index is 13.9. The van der Waals surface area contributed by atoms with E-state index in [9.17, 15) is 9.18 Å². The van der Waals surface area contributed by atoms with Crippen molar-refractivity contribution in [3.63, 3.8) is 0 Å². The van der Waals surface area contributed by atoms with E-state index in [1.165, 1.54) is 6.07 Å². The average Bonchev–Trinajstić information content (AvgIpc) is 2.27. The smallest absolute Gasteiger partial charge is 0.196 e. The van der Waals surface area contributed by atoms with Gasteiger partial charge in [0, 0.05) is 18.0 Å². The standard InChI is InChI=1S/C15H14FNO/c1-9-6-10(2)14(13(16)7-9)15(18)12-4-5-17-8-11(12)3/h4-8H,1-3H3. The van der Waals surface area contributed by atoms with Crippen LogP contribution in [-0.4, -0.2) is 10.8 Å². The van der Waals surface area contributed by atoms with Crippen LogP contribution in [0, 0.1) is 26.6 Å². The van der Waals surface area contributed by atoms with Gasteiger partial charge in [-0.25, -0.2) is 4.39 Å². The molecule has 0 N–H and O–H groups in total. The molecule has 0 unspecified atom stereocenters. The summed E-state index contributed by atoms with van der Waals surface area (Å²) in [6, 6.07) is 4.82. The van der Waals surface area contributed by atoms with E-state index in [-0.39, 0.29) is 11.3 Å². The van der Waals surface area contributed by atoms with Gasteiger partial charge in [0.1, 0.15) is 5.82 Å². The first kappa shape index (κ1) is 12.4. The summed E-state index contributed by atoms with van der Waals surface area (Å²) in [4.78, 5) is 16.3. The van der Waals surface area contributed by atoms with Crippen LogP contribution in [0.25, 0.3) is 0 Å². The molecule has 2 nitrogen and oxygen atoms in total. The molecule has 0 atom stereocenters. The zero-order chi connectivity index (χ0) is 13.3. The molecular formula is C15H14FNO. The van der Waals surface area contributed by atoms with Crippen molar-refractivity contribution in [2.75, 3.05) is 0 Å². The molecule has 1 heterocycles. The molecule has 1 aromatic heterocycles. The summed E-state index contributed by atoms with van der Waals surface area (Å²) >= 11 is 0. The van der Waals surface area contributed by atoms with Crippen molar-refractivity contribution in [3.05, 3.63) is 64.2 Å². The highest BCUT2D eigenvalue weighted by atomic mass is 19.1. The number of hydrogen-bond donors (Lipinski definition) is 0. The van der Waals surface area contributed by atoms with Crippen LogP contribution in [0.1, 0.15) is 32.6 Å². The van der Waals surface area contributed by atoms with Crippen molar-refractivity contribution in [1.29, 1.82) is 0 Å². The van der Waals surface area contributed by atoms with E-state index < -0.39 is 5.82 Å². The first-order valence-corrected chi connectivity index (χ1v) is 5.72. The lowest BCUT2D eigenvalue weighted by Crippen LogP contribution is -2.09. The topological polar surface area (TPSA) is 30.0 Å². The van der Waals surface area contributed by atoms with E-state index in [4.69, 9.17) is 0 Å². The number of carbonyl (C=O) groups excluding carboxylic acids is 1. The molecule has 0 bridgehead atoms. The SMILES string of the molecule is Cc1cc(C)c(C(=O)c2ccncc2C)c(F)c1. The number of hydrogen-bond acceptors (Lipinski definition) is 2. The van der Waals surface area contributed by atoms with Gasteiger partial charge in [0.05, 0.1) is 5.56 Å². The molecule has 0 fully saturated rings. The minimum absolute atomic E-state index is 0.148. The third-order valence-electron chi connectivity index (χ3n) is 2.92. The molecule has 3 heteroatoms. The van der Waals surface area contributed by atoms with Crippen LogP contribution in [0.5, 0.6) is 0 Å². The maximum atomic E-state index is 13.9. The molecule has 2 rings (SSSR count). The molecule has 0 aliphatic rings. The monoisotopic (exact) mass is 243 g/mol. The van der Waals surface area contributed by atoms with Gasteiger partial charge < -0.3 is 0 Å². The van der Waals surface area contributed by atoms with Gasteiger partial charge >= 0.3 is 0 Å². The Morgan fingerprint density at radius 1 is 1.17 bits per heavy atom. The van der Waals surface area contributed by atoms with E-state index in [1.54, 1.807) is 32.3 Å². The summed E-state index contributed by atoms with van der Waals surface area (Å²) in [5.41, 5.74) is 2.87. The number of aryl methyl sites for hydroxylation is 3. The lowest BCUT2D eigenvalue weighted by atomic mass is 9.95. The first-order chi connectivity index (χ1) is 8.50. The Morgan fingerprint density at radius 3 is 2.50 bits per heavy atom.